The summed E-state index contributed by atoms with van der Waals surface area (Å²) in [6, 6.07) is 4.64. The van der Waals surface area contributed by atoms with E-state index < -0.39 is 0 Å². The summed E-state index contributed by atoms with van der Waals surface area (Å²) >= 11 is 5.88. The molecule has 0 atom stereocenters. The molecule has 1 N–H and O–H groups in total. The lowest BCUT2D eigenvalue weighted by Gasteiger charge is -2.25. The van der Waals surface area contributed by atoms with Crippen LogP contribution in [0.2, 0.25) is 5.02 Å². The van der Waals surface area contributed by atoms with Gasteiger partial charge in [0.25, 0.3) is 5.69 Å². The Morgan fingerprint density at radius 2 is 2.11 bits per heavy atom. The van der Waals surface area contributed by atoms with E-state index in [1.165, 1.54) is 6.07 Å². The van der Waals surface area contributed by atoms with Gasteiger partial charge >= 0.3 is 0 Å². The van der Waals surface area contributed by atoms with E-state index in [2.05, 4.69) is 26.1 Å². The lowest BCUT2D eigenvalue weighted by Crippen LogP contribution is -2.38. The molecule has 1 aromatic carbocycles. The molecular weight excluding hydrogens is 252 g/mol. The van der Waals surface area contributed by atoms with E-state index in [0.29, 0.717) is 17.1 Å². The molecule has 4 nitrogen and oxygen atoms in total. The molecule has 5 heteroatoms. The molecule has 0 unspecified atom stereocenters. The van der Waals surface area contributed by atoms with Gasteiger partial charge in [-0.1, -0.05) is 24.9 Å². The summed E-state index contributed by atoms with van der Waals surface area (Å²) in [5, 5.41) is 14.8. The molecule has 0 aromatic heterocycles. The first-order valence-corrected chi connectivity index (χ1v) is 6.41. The Kier molecular flexibility index (Phi) is 5.11. The third-order valence-corrected chi connectivity index (χ3v) is 3.11. The van der Waals surface area contributed by atoms with Crippen LogP contribution >= 0.6 is 11.6 Å². The maximum Gasteiger partial charge on any atom is 0.273 e. The Bertz CT molecular complexity index is 433. The molecular formula is C13H19ClN2O2. The molecule has 0 amide bonds. The Hall–Kier alpha value is -1.13. The molecule has 0 aliphatic rings. The van der Waals surface area contributed by atoms with Crippen molar-refractivity contribution in [3.63, 3.8) is 0 Å². The second-order valence-corrected chi connectivity index (χ2v) is 5.45. The Morgan fingerprint density at radius 3 is 2.67 bits per heavy atom. The lowest BCUT2D eigenvalue weighted by molar-refractivity contribution is -0.385. The summed E-state index contributed by atoms with van der Waals surface area (Å²) in [7, 11) is 0. The first-order chi connectivity index (χ1) is 8.35. The molecule has 0 fully saturated rings. The Balaban J connectivity index is 2.83. The number of hydrogen-bond donors (Lipinski definition) is 1. The summed E-state index contributed by atoms with van der Waals surface area (Å²) < 4.78 is 0. The molecule has 100 valence electrons. The van der Waals surface area contributed by atoms with Crippen molar-refractivity contribution < 1.29 is 4.92 Å². The molecule has 18 heavy (non-hydrogen) atoms. The topological polar surface area (TPSA) is 55.2 Å². The van der Waals surface area contributed by atoms with Crippen molar-refractivity contribution in [2.24, 2.45) is 0 Å². The van der Waals surface area contributed by atoms with Gasteiger partial charge in [0.15, 0.2) is 0 Å². The van der Waals surface area contributed by atoms with Gasteiger partial charge in [0.05, 0.1) is 4.92 Å². The number of hydrogen-bond acceptors (Lipinski definition) is 3. The number of nitro groups is 1. The van der Waals surface area contributed by atoms with Crippen molar-refractivity contribution in [2.75, 3.05) is 0 Å². The van der Waals surface area contributed by atoms with Crippen molar-refractivity contribution in [1.29, 1.82) is 0 Å². The van der Waals surface area contributed by atoms with E-state index in [1.807, 2.05) is 0 Å². The second kappa shape index (κ2) is 6.16. The van der Waals surface area contributed by atoms with Gasteiger partial charge in [-0.25, -0.2) is 0 Å². The van der Waals surface area contributed by atoms with Crippen molar-refractivity contribution in [3.05, 3.63) is 38.9 Å². The average molecular weight is 271 g/mol. The minimum atomic E-state index is -0.375. The van der Waals surface area contributed by atoms with Crippen LogP contribution in [0.25, 0.3) is 0 Å². The maximum absolute atomic E-state index is 10.9. The molecule has 0 aliphatic carbocycles. The van der Waals surface area contributed by atoms with E-state index in [0.717, 1.165) is 12.8 Å². The highest BCUT2D eigenvalue weighted by molar-refractivity contribution is 6.30. The molecule has 0 spiro atoms. The van der Waals surface area contributed by atoms with Crippen molar-refractivity contribution in [1.82, 2.24) is 5.32 Å². The molecule has 1 rings (SSSR count). The fourth-order valence-electron chi connectivity index (χ4n) is 1.92. The number of nitrogens with zero attached hydrogens (tertiary/aromatic N) is 1. The lowest BCUT2D eigenvalue weighted by atomic mass is 9.98. The molecule has 0 heterocycles. The van der Waals surface area contributed by atoms with Gasteiger partial charge < -0.3 is 5.32 Å². The van der Waals surface area contributed by atoms with Crippen LogP contribution in [0.15, 0.2) is 18.2 Å². The summed E-state index contributed by atoms with van der Waals surface area (Å²) in [5.41, 5.74) is 0.696. The molecule has 0 bridgehead atoms. The van der Waals surface area contributed by atoms with Gasteiger partial charge in [-0.05, 0) is 32.4 Å². The normalized spacial score (nSPS) is 11.6. The Labute approximate surface area is 112 Å². The molecule has 0 saturated carbocycles. The summed E-state index contributed by atoms with van der Waals surface area (Å²) in [6.45, 7) is 6.74. The quantitative estimate of drug-likeness (QED) is 0.630. The fourth-order valence-corrected chi connectivity index (χ4v) is 2.12. The average Bonchev–Trinajstić information content (AvgIpc) is 2.26. The van der Waals surface area contributed by atoms with Crippen LogP contribution in [0.3, 0.4) is 0 Å². The highest BCUT2D eigenvalue weighted by atomic mass is 35.5. The summed E-state index contributed by atoms with van der Waals surface area (Å²) in [6.07, 6.45) is 2.08. The van der Waals surface area contributed by atoms with Crippen molar-refractivity contribution in [2.45, 2.75) is 45.7 Å². The summed E-state index contributed by atoms with van der Waals surface area (Å²) in [4.78, 5) is 10.5. The first kappa shape index (κ1) is 14.9. The van der Waals surface area contributed by atoms with E-state index >= 15 is 0 Å². The smallest absolute Gasteiger partial charge is 0.273 e. The van der Waals surface area contributed by atoms with Crippen LogP contribution < -0.4 is 5.32 Å². The zero-order valence-corrected chi connectivity index (χ0v) is 11.8. The van der Waals surface area contributed by atoms with Gasteiger partial charge in [-0.2, -0.15) is 0 Å². The molecule has 1 aromatic rings. The van der Waals surface area contributed by atoms with Crippen LogP contribution in [-0.4, -0.2) is 10.5 Å². The highest BCUT2D eigenvalue weighted by Crippen LogP contribution is 2.23. The summed E-state index contributed by atoms with van der Waals surface area (Å²) in [5.74, 6) is 0. The van der Waals surface area contributed by atoms with Crippen molar-refractivity contribution in [3.8, 4) is 0 Å². The monoisotopic (exact) mass is 270 g/mol. The third kappa shape index (κ3) is 4.27. The van der Waals surface area contributed by atoms with Gasteiger partial charge in [0.2, 0.25) is 0 Å². The van der Waals surface area contributed by atoms with Gasteiger partial charge in [-0.3, -0.25) is 10.1 Å². The number of benzene rings is 1. The largest absolute Gasteiger partial charge is 0.307 e. The van der Waals surface area contributed by atoms with E-state index in [-0.39, 0.29) is 16.1 Å². The predicted octanol–water partition coefficient (Wildman–Crippen LogP) is 3.92. The Morgan fingerprint density at radius 1 is 1.44 bits per heavy atom. The third-order valence-electron chi connectivity index (χ3n) is 2.87. The fraction of sp³-hybridized carbons (Fsp3) is 0.538. The van der Waals surface area contributed by atoms with E-state index in [9.17, 15) is 10.1 Å². The number of nitro benzene ring substituents is 1. The first-order valence-electron chi connectivity index (χ1n) is 6.03. The molecule has 0 saturated heterocycles. The van der Waals surface area contributed by atoms with Crippen LogP contribution in [0.4, 0.5) is 5.69 Å². The van der Waals surface area contributed by atoms with Crippen LogP contribution in [0, 0.1) is 10.1 Å². The van der Waals surface area contributed by atoms with Crippen molar-refractivity contribution >= 4 is 17.3 Å². The predicted molar refractivity (Wildman–Crippen MR) is 73.9 cm³/mol. The standard InChI is InChI=1S/C13H19ClN2O2/c1-4-7-13(2,3)15-9-10-8-11(14)5-6-12(10)16(17)18/h5-6,8,15H,4,7,9H2,1-3H3. The second-order valence-electron chi connectivity index (χ2n) is 5.02. The van der Waals surface area contributed by atoms with Crippen LogP contribution in [0.1, 0.15) is 39.2 Å². The zero-order chi connectivity index (χ0) is 13.8. The number of rotatable bonds is 6. The number of nitrogens with one attached hydrogen (secondary N) is 1. The molecule has 0 aliphatic heterocycles. The van der Waals surface area contributed by atoms with Crippen LogP contribution in [0.5, 0.6) is 0 Å². The molecule has 0 radical (unpaired) electrons. The van der Waals surface area contributed by atoms with Gasteiger partial charge in [-0.15, -0.1) is 0 Å². The van der Waals surface area contributed by atoms with Crippen LogP contribution in [-0.2, 0) is 6.54 Å². The minimum absolute atomic E-state index is 0.0368. The highest BCUT2D eigenvalue weighted by Gasteiger charge is 2.19. The minimum Gasteiger partial charge on any atom is -0.307 e. The van der Waals surface area contributed by atoms with E-state index in [4.69, 9.17) is 11.6 Å². The SMILES string of the molecule is CCCC(C)(C)NCc1cc(Cl)ccc1[N+](=O)[O-]. The van der Waals surface area contributed by atoms with Gasteiger partial charge in [0, 0.05) is 28.7 Å². The van der Waals surface area contributed by atoms with E-state index in [1.54, 1.807) is 12.1 Å². The maximum atomic E-state index is 10.9. The zero-order valence-electron chi connectivity index (χ0n) is 11.0. The van der Waals surface area contributed by atoms with Gasteiger partial charge in [0.1, 0.15) is 0 Å². The number of halogens is 1.